The van der Waals surface area contributed by atoms with E-state index in [4.69, 9.17) is 16.3 Å². The van der Waals surface area contributed by atoms with E-state index in [2.05, 4.69) is 20.6 Å². The summed E-state index contributed by atoms with van der Waals surface area (Å²) in [6.07, 6.45) is 0. The fourth-order valence-electron chi connectivity index (χ4n) is 2.48. The van der Waals surface area contributed by atoms with Crippen LogP contribution < -0.4 is 10.6 Å². The molecule has 0 radical (unpaired) electrons. The number of aryl methyl sites for hydroxylation is 1. The molecule has 0 spiro atoms. The second kappa shape index (κ2) is 8.51. The van der Waals surface area contributed by atoms with E-state index in [0.717, 1.165) is 16.9 Å². The maximum Gasteiger partial charge on any atom is 0.337 e. The minimum atomic E-state index is -0.370. The van der Waals surface area contributed by atoms with Crippen LogP contribution >= 0.6 is 11.6 Å². The molecule has 0 amide bonds. The molecule has 2 aromatic carbocycles. The molecule has 2 N–H and O–H groups in total. The molecule has 0 atom stereocenters. The number of rotatable bonds is 6. The highest BCUT2D eigenvalue weighted by Gasteiger charge is 2.07. The van der Waals surface area contributed by atoms with Crippen LogP contribution in [0.1, 0.15) is 21.6 Å². The van der Waals surface area contributed by atoms with Crippen molar-refractivity contribution in [3.05, 3.63) is 76.4 Å². The fourth-order valence-corrected chi connectivity index (χ4v) is 2.69. The molecule has 138 valence electrons. The number of hydrogen-bond acceptors (Lipinski definition) is 6. The summed E-state index contributed by atoms with van der Waals surface area (Å²) in [5.74, 6) is 0.782. The number of benzene rings is 2. The third kappa shape index (κ3) is 4.95. The second-order valence-electron chi connectivity index (χ2n) is 5.86. The van der Waals surface area contributed by atoms with E-state index in [1.165, 1.54) is 7.11 Å². The fraction of sp³-hybridized carbons (Fsp3) is 0.150. The quantitative estimate of drug-likeness (QED) is 0.608. The molecule has 0 fully saturated rings. The van der Waals surface area contributed by atoms with Gasteiger partial charge in [-0.1, -0.05) is 29.8 Å². The van der Waals surface area contributed by atoms with E-state index in [9.17, 15) is 4.79 Å². The molecule has 3 rings (SSSR count). The SMILES string of the molecule is COC(=O)c1ccc(Nc2cc(C)nc(NCc3ccccc3Cl)n2)cc1. The van der Waals surface area contributed by atoms with Crippen molar-refractivity contribution in [2.24, 2.45) is 0 Å². The van der Waals surface area contributed by atoms with Crippen LogP contribution in [-0.4, -0.2) is 23.0 Å². The first-order chi connectivity index (χ1) is 13.0. The van der Waals surface area contributed by atoms with Gasteiger partial charge in [-0.2, -0.15) is 4.98 Å². The van der Waals surface area contributed by atoms with E-state index >= 15 is 0 Å². The summed E-state index contributed by atoms with van der Waals surface area (Å²) in [5.41, 5.74) is 3.08. The number of nitrogens with zero attached hydrogens (tertiary/aromatic N) is 2. The smallest absolute Gasteiger partial charge is 0.337 e. The molecule has 0 bridgehead atoms. The Hall–Kier alpha value is -3.12. The lowest BCUT2D eigenvalue weighted by Crippen LogP contribution is -2.07. The standard InChI is InChI=1S/C20H19ClN4O2/c1-13-11-18(24-16-9-7-14(8-10-16)19(26)27-2)25-20(23-13)22-12-15-5-3-4-6-17(15)21/h3-11H,12H2,1-2H3,(H2,22,23,24,25). The molecule has 0 aliphatic heterocycles. The summed E-state index contributed by atoms with van der Waals surface area (Å²) in [4.78, 5) is 20.4. The molecule has 0 saturated heterocycles. The van der Waals surface area contributed by atoms with Crippen molar-refractivity contribution in [1.82, 2.24) is 9.97 Å². The Kier molecular flexibility index (Phi) is 5.88. The third-order valence-corrected chi connectivity index (χ3v) is 4.20. The lowest BCUT2D eigenvalue weighted by molar-refractivity contribution is 0.0601. The van der Waals surface area contributed by atoms with Crippen LogP contribution in [0.3, 0.4) is 0 Å². The Morgan fingerprint density at radius 1 is 1.11 bits per heavy atom. The van der Waals surface area contributed by atoms with Gasteiger partial charge in [0.1, 0.15) is 5.82 Å². The van der Waals surface area contributed by atoms with Gasteiger partial charge < -0.3 is 15.4 Å². The van der Waals surface area contributed by atoms with Crippen molar-refractivity contribution >= 4 is 35.0 Å². The molecular weight excluding hydrogens is 364 g/mol. The van der Waals surface area contributed by atoms with Crippen LogP contribution in [0.15, 0.2) is 54.6 Å². The molecule has 0 aliphatic rings. The van der Waals surface area contributed by atoms with Crippen molar-refractivity contribution in [3.63, 3.8) is 0 Å². The first-order valence-corrected chi connectivity index (χ1v) is 8.71. The Morgan fingerprint density at radius 2 is 1.85 bits per heavy atom. The van der Waals surface area contributed by atoms with Crippen LogP contribution in [0, 0.1) is 6.92 Å². The molecule has 0 saturated carbocycles. The van der Waals surface area contributed by atoms with E-state index < -0.39 is 0 Å². The van der Waals surface area contributed by atoms with E-state index in [-0.39, 0.29) is 5.97 Å². The predicted molar refractivity (Wildman–Crippen MR) is 107 cm³/mol. The van der Waals surface area contributed by atoms with Gasteiger partial charge in [0.15, 0.2) is 0 Å². The van der Waals surface area contributed by atoms with Crippen molar-refractivity contribution in [3.8, 4) is 0 Å². The zero-order valence-corrected chi connectivity index (χ0v) is 15.7. The molecule has 3 aromatic rings. The van der Waals surface area contributed by atoms with Crippen molar-refractivity contribution < 1.29 is 9.53 Å². The summed E-state index contributed by atoms with van der Waals surface area (Å²) >= 11 is 6.18. The van der Waals surface area contributed by atoms with Gasteiger partial charge in [-0.25, -0.2) is 9.78 Å². The van der Waals surface area contributed by atoms with Gasteiger partial charge in [0.25, 0.3) is 0 Å². The molecular formula is C20H19ClN4O2. The average molecular weight is 383 g/mol. The largest absolute Gasteiger partial charge is 0.465 e. The number of ether oxygens (including phenoxy) is 1. The zero-order chi connectivity index (χ0) is 19.2. The first-order valence-electron chi connectivity index (χ1n) is 8.33. The third-order valence-electron chi connectivity index (χ3n) is 3.83. The van der Waals surface area contributed by atoms with Gasteiger partial charge in [0.2, 0.25) is 5.95 Å². The van der Waals surface area contributed by atoms with Crippen molar-refractivity contribution in [2.75, 3.05) is 17.7 Å². The zero-order valence-electron chi connectivity index (χ0n) is 15.0. The number of carbonyl (C=O) groups excluding carboxylic acids is 1. The van der Waals surface area contributed by atoms with Gasteiger partial charge in [-0.05, 0) is 42.8 Å². The molecule has 0 aliphatic carbocycles. The van der Waals surface area contributed by atoms with Crippen molar-refractivity contribution in [2.45, 2.75) is 13.5 Å². The normalized spacial score (nSPS) is 10.3. The Balaban J connectivity index is 1.71. The number of halogens is 1. The number of aromatic nitrogens is 2. The minimum Gasteiger partial charge on any atom is -0.465 e. The van der Waals surface area contributed by atoms with Gasteiger partial charge in [0, 0.05) is 29.0 Å². The average Bonchev–Trinajstić information content (AvgIpc) is 2.67. The first kappa shape index (κ1) is 18.7. The van der Waals surface area contributed by atoms with E-state index in [0.29, 0.717) is 28.9 Å². The maximum atomic E-state index is 11.5. The minimum absolute atomic E-state index is 0.370. The van der Waals surface area contributed by atoms with Crippen LogP contribution in [-0.2, 0) is 11.3 Å². The van der Waals surface area contributed by atoms with E-state index in [1.54, 1.807) is 24.3 Å². The number of hydrogen-bond donors (Lipinski definition) is 2. The molecule has 7 heteroatoms. The summed E-state index contributed by atoms with van der Waals surface area (Å²) in [5, 5.41) is 7.10. The Morgan fingerprint density at radius 3 is 2.56 bits per heavy atom. The molecule has 1 aromatic heterocycles. The van der Waals surface area contributed by atoms with Crippen LogP contribution in [0.25, 0.3) is 0 Å². The highest BCUT2D eigenvalue weighted by Crippen LogP contribution is 2.19. The number of carbonyl (C=O) groups is 1. The van der Waals surface area contributed by atoms with Crippen LogP contribution in [0.4, 0.5) is 17.5 Å². The van der Waals surface area contributed by atoms with Gasteiger partial charge in [-0.3, -0.25) is 0 Å². The highest BCUT2D eigenvalue weighted by atomic mass is 35.5. The van der Waals surface area contributed by atoms with E-state index in [1.807, 2.05) is 37.3 Å². The number of esters is 1. The molecule has 0 unspecified atom stereocenters. The predicted octanol–water partition coefficient (Wildman–Crippen LogP) is 4.58. The van der Waals surface area contributed by atoms with Crippen LogP contribution in [0.5, 0.6) is 0 Å². The molecule has 1 heterocycles. The van der Waals surface area contributed by atoms with Gasteiger partial charge in [0.05, 0.1) is 12.7 Å². The van der Waals surface area contributed by atoms with Crippen molar-refractivity contribution in [1.29, 1.82) is 0 Å². The number of anilines is 3. The van der Waals surface area contributed by atoms with Crippen LogP contribution in [0.2, 0.25) is 5.02 Å². The summed E-state index contributed by atoms with van der Waals surface area (Å²) in [6.45, 7) is 2.42. The maximum absolute atomic E-state index is 11.5. The molecule has 6 nitrogen and oxygen atoms in total. The lowest BCUT2D eigenvalue weighted by Gasteiger charge is -2.11. The summed E-state index contributed by atoms with van der Waals surface area (Å²) < 4.78 is 4.70. The number of nitrogens with one attached hydrogen (secondary N) is 2. The highest BCUT2D eigenvalue weighted by molar-refractivity contribution is 6.31. The lowest BCUT2D eigenvalue weighted by atomic mass is 10.2. The Bertz CT molecular complexity index is 945. The topological polar surface area (TPSA) is 76.1 Å². The Labute approximate surface area is 162 Å². The second-order valence-corrected chi connectivity index (χ2v) is 6.26. The summed E-state index contributed by atoms with van der Waals surface area (Å²) in [6, 6.07) is 16.4. The van der Waals surface area contributed by atoms with Gasteiger partial charge in [-0.15, -0.1) is 0 Å². The number of methoxy groups -OCH3 is 1. The molecule has 27 heavy (non-hydrogen) atoms. The van der Waals surface area contributed by atoms with Gasteiger partial charge >= 0.3 is 5.97 Å². The summed E-state index contributed by atoms with van der Waals surface area (Å²) in [7, 11) is 1.36. The monoisotopic (exact) mass is 382 g/mol.